The molecule has 0 bridgehead atoms. The monoisotopic (exact) mass is 411 g/mol. The van der Waals surface area contributed by atoms with Gasteiger partial charge in [-0.15, -0.1) is 0 Å². The predicted molar refractivity (Wildman–Crippen MR) is 72.1 cm³/mol. The normalized spacial score (nSPS) is 10.4. The van der Waals surface area contributed by atoms with Gasteiger partial charge in [-0.3, -0.25) is 0 Å². The van der Waals surface area contributed by atoms with Crippen LogP contribution in [-0.2, 0) is 0 Å². The van der Waals surface area contributed by atoms with Crippen molar-refractivity contribution < 1.29 is 8.78 Å². The fourth-order valence-corrected chi connectivity index (χ4v) is 1.90. The smallest absolute Gasteiger partial charge is 0.148 e. The average molecular weight is 412 g/mol. The van der Waals surface area contributed by atoms with Crippen molar-refractivity contribution in [2.45, 2.75) is 0 Å². The van der Waals surface area contributed by atoms with Crippen LogP contribution in [0.2, 0.25) is 0 Å². The van der Waals surface area contributed by atoms with Gasteiger partial charge in [0.05, 0.1) is 13.7 Å². The third-order valence-electron chi connectivity index (χ3n) is 1.93. The van der Waals surface area contributed by atoms with Crippen molar-refractivity contribution in [1.29, 1.82) is 0 Å². The van der Waals surface area contributed by atoms with Crippen molar-refractivity contribution in [2.24, 2.45) is 0 Å². The van der Waals surface area contributed by atoms with E-state index in [0.717, 1.165) is 12.1 Å². The second-order valence-electron chi connectivity index (χ2n) is 3.09. The fraction of sp³-hybridized carbons (Fsp3) is 0. The molecule has 0 amide bonds. The van der Waals surface area contributed by atoms with Crippen LogP contribution >= 0.6 is 38.5 Å². The van der Waals surface area contributed by atoms with Crippen LogP contribution in [0.1, 0.15) is 0 Å². The zero-order chi connectivity index (χ0) is 12.4. The van der Waals surface area contributed by atoms with Crippen molar-refractivity contribution in [3.05, 3.63) is 44.3 Å². The van der Waals surface area contributed by atoms with Gasteiger partial charge in [-0.2, -0.15) is 0 Å². The summed E-state index contributed by atoms with van der Waals surface area (Å²) < 4.78 is 27.6. The van der Waals surface area contributed by atoms with Crippen LogP contribution in [0.5, 0.6) is 0 Å². The molecular weight excluding hydrogens is 407 g/mol. The van der Waals surface area contributed by atoms with Gasteiger partial charge in [-0.25, -0.2) is 18.7 Å². The summed E-state index contributed by atoms with van der Waals surface area (Å²) in [4.78, 5) is 7.74. The van der Waals surface area contributed by atoms with Crippen molar-refractivity contribution in [2.75, 3.05) is 5.32 Å². The number of benzene rings is 1. The molecule has 0 radical (unpaired) electrons. The van der Waals surface area contributed by atoms with Gasteiger partial charge < -0.3 is 5.32 Å². The highest BCUT2D eigenvalue weighted by Gasteiger charge is 2.10. The Morgan fingerprint density at radius 1 is 1.24 bits per heavy atom. The third kappa shape index (κ3) is 2.89. The third-order valence-corrected chi connectivity index (χ3v) is 3.33. The molecule has 0 saturated carbocycles. The first-order chi connectivity index (χ1) is 8.08. The summed E-state index contributed by atoms with van der Waals surface area (Å²) in [5, 5.41) is 2.71. The minimum absolute atomic E-state index is 0.0299. The van der Waals surface area contributed by atoms with Gasteiger partial charge in [0.1, 0.15) is 23.8 Å². The lowest BCUT2D eigenvalue weighted by Gasteiger charge is -2.08. The summed E-state index contributed by atoms with van der Waals surface area (Å²) in [6.07, 6.45) is 2.90. The lowest BCUT2D eigenvalue weighted by molar-refractivity contribution is 0.597. The van der Waals surface area contributed by atoms with E-state index in [9.17, 15) is 8.78 Å². The highest BCUT2D eigenvalue weighted by molar-refractivity contribution is 14.1. The molecule has 7 heteroatoms. The topological polar surface area (TPSA) is 37.8 Å². The number of nitrogens with zero attached hydrogens (tertiary/aromatic N) is 2. The Kier molecular flexibility index (Phi) is 3.87. The maximum Gasteiger partial charge on any atom is 0.148 e. The van der Waals surface area contributed by atoms with Gasteiger partial charge >= 0.3 is 0 Å². The van der Waals surface area contributed by atoms with E-state index in [-0.39, 0.29) is 10.2 Å². The largest absolute Gasteiger partial charge is 0.337 e. The Balaban J connectivity index is 2.37. The quantitative estimate of drug-likeness (QED) is 0.602. The first-order valence-corrected chi connectivity index (χ1v) is 6.32. The van der Waals surface area contributed by atoms with Gasteiger partial charge in [-0.05, 0) is 44.6 Å². The number of aromatic nitrogens is 2. The maximum absolute atomic E-state index is 13.5. The van der Waals surface area contributed by atoms with E-state index in [1.54, 1.807) is 6.20 Å². The molecule has 17 heavy (non-hydrogen) atoms. The van der Waals surface area contributed by atoms with Gasteiger partial charge in [0.25, 0.3) is 0 Å². The number of nitrogens with one attached hydrogen (secondary N) is 1. The van der Waals surface area contributed by atoms with Crippen LogP contribution in [0.15, 0.2) is 29.1 Å². The van der Waals surface area contributed by atoms with E-state index in [2.05, 4.69) is 31.2 Å². The van der Waals surface area contributed by atoms with Crippen molar-refractivity contribution >= 4 is 50.0 Å². The van der Waals surface area contributed by atoms with Crippen LogP contribution in [-0.4, -0.2) is 9.97 Å². The molecule has 1 N–H and O–H groups in total. The number of halogens is 4. The standard InChI is InChI=1S/C10H5BrF2IN3/c11-5-1-7(13)9(2-6(5)12)17-10-8(14)3-15-4-16-10/h1-4H,(H,15,16,17). The molecule has 0 atom stereocenters. The highest BCUT2D eigenvalue weighted by Crippen LogP contribution is 2.26. The van der Waals surface area contributed by atoms with E-state index in [4.69, 9.17) is 0 Å². The SMILES string of the molecule is Fc1cc(Nc2ncncc2I)c(F)cc1Br. The second-order valence-corrected chi connectivity index (χ2v) is 5.11. The van der Waals surface area contributed by atoms with Crippen molar-refractivity contribution in [3.63, 3.8) is 0 Å². The molecule has 3 nitrogen and oxygen atoms in total. The first kappa shape index (κ1) is 12.6. The summed E-state index contributed by atoms with van der Waals surface area (Å²) in [6, 6.07) is 2.13. The zero-order valence-corrected chi connectivity index (χ0v) is 12.0. The molecule has 0 spiro atoms. The molecule has 0 aliphatic carbocycles. The van der Waals surface area contributed by atoms with E-state index in [1.807, 2.05) is 22.6 Å². The number of rotatable bonds is 2. The maximum atomic E-state index is 13.5. The van der Waals surface area contributed by atoms with Crippen LogP contribution in [0, 0.1) is 15.2 Å². The number of hydrogen-bond donors (Lipinski definition) is 1. The Hall–Kier alpha value is -0.830. The summed E-state index contributed by atoms with van der Waals surface area (Å²) in [5.74, 6) is -0.674. The van der Waals surface area contributed by atoms with E-state index < -0.39 is 11.6 Å². The summed E-state index contributed by atoms with van der Waals surface area (Å²) in [7, 11) is 0. The van der Waals surface area contributed by atoms with Crippen LogP contribution in [0.25, 0.3) is 0 Å². The Bertz CT molecular complexity index is 565. The molecule has 0 fully saturated rings. The molecule has 0 saturated heterocycles. The van der Waals surface area contributed by atoms with Gasteiger partial charge in [0.2, 0.25) is 0 Å². The molecule has 2 aromatic rings. The molecule has 0 aliphatic rings. The van der Waals surface area contributed by atoms with Crippen LogP contribution in [0.4, 0.5) is 20.3 Å². The fourth-order valence-electron chi connectivity index (χ4n) is 1.15. The predicted octanol–water partition coefficient (Wildman–Crippen LogP) is 3.87. The first-order valence-electron chi connectivity index (χ1n) is 4.45. The Morgan fingerprint density at radius 3 is 2.71 bits per heavy atom. The molecule has 1 aromatic heterocycles. The van der Waals surface area contributed by atoms with Gasteiger partial charge in [0.15, 0.2) is 0 Å². The lowest BCUT2D eigenvalue weighted by Crippen LogP contribution is -2.00. The molecule has 2 rings (SSSR count). The van der Waals surface area contributed by atoms with Crippen molar-refractivity contribution in [1.82, 2.24) is 9.97 Å². The van der Waals surface area contributed by atoms with Crippen LogP contribution in [0.3, 0.4) is 0 Å². The molecule has 0 aliphatic heterocycles. The molecule has 88 valence electrons. The Labute approximate surface area is 118 Å². The minimum atomic E-state index is -0.562. The van der Waals surface area contributed by atoms with E-state index >= 15 is 0 Å². The lowest BCUT2D eigenvalue weighted by atomic mass is 10.3. The summed E-state index contributed by atoms with van der Waals surface area (Å²) in [6.45, 7) is 0. The second kappa shape index (κ2) is 5.21. The number of anilines is 2. The van der Waals surface area contributed by atoms with Crippen molar-refractivity contribution in [3.8, 4) is 0 Å². The van der Waals surface area contributed by atoms with E-state index in [0.29, 0.717) is 9.39 Å². The summed E-state index contributed by atoms with van der Waals surface area (Å²) in [5.41, 5.74) is 0.0299. The van der Waals surface area contributed by atoms with Gasteiger partial charge in [0, 0.05) is 12.3 Å². The molecule has 1 heterocycles. The van der Waals surface area contributed by atoms with Crippen LogP contribution < -0.4 is 5.32 Å². The summed E-state index contributed by atoms with van der Waals surface area (Å²) >= 11 is 4.91. The van der Waals surface area contributed by atoms with Gasteiger partial charge in [-0.1, -0.05) is 0 Å². The highest BCUT2D eigenvalue weighted by atomic mass is 127. The molecule has 1 aromatic carbocycles. The van der Waals surface area contributed by atoms with E-state index in [1.165, 1.54) is 6.33 Å². The average Bonchev–Trinajstić information content (AvgIpc) is 2.29. The number of hydrogen-bond acceptors (Lipinski definition) is 3. The molecule has 0 unspecified atom stereocenters. The zero-order valence-electron chi connectivity index (χ0n) is 8.22. The molecular formula is C10H5BrF2IN3. The minimum Gasteiger partial charge on any atom is -0.337 e. The Morgan fingerprint density at radius 2 is 2.00 bits per heavy atom.